The van der Waals surface area contributed by atoms with Gasteiger partial charge >= 0.3 is 0 Å². The largest absolute Gasteiger partial charge is 0.367 e. The molecule has 1 unspecified atom stereocenters. The summed E-state index contributed by atoms with van der Waals surface area (Å²) in [4.78, 5) is 6.72. The quantitative estimate of drug-likeness (QED) is 0.824. The number of benzene rings is 1. The molecule has 0 N–H and O–H groups in total. The van der Waals surface area contributed by atoms with Crippen molar-refractivity contribution >= 4 is 5.82 Å². The Hall–Kier alpha value is -1.87. The van der Waals surface area contributed by atoms with Crippen molar-refractivity contribution in [1.29, 1.82) is 0 Å². The number of anilines is 1. The molecule has 19 heavy (non-hydrogen) atoms. The van der Waals surface area contributed by atoms with E-state index in [2.05, 4.69) is 47.1 Å². The van der Waals surface area contributed by atoms with Gasteiger partial charge in [-0.05, 0) is 24.6 Å². The van der Waals surface area contributed by atoms with Crippen LogP contribution >= 0.6 is 0 Å². The van der Waals surface area contributed by atoms with Gasteiger partial charge in [-0.1, -0.05) is 36.4 Å². The first kappa shape index (κ1) is 12.2. The molecule has 3 rings (SSSR count). The van der Waals surface area contributed by atoms with Crippen molar-refractivity contribution in [3.05, 3.63) is 60.3 Å². The Balaban J connectivity index is 1.86. The maximum atomic E-state index is 6.03. The van der Waals surface area contributed by atoms with Crippen LogP contribution in [0.1, 0.15) is 12.5 Å². The lowest BCUT2D eigenvalue weighted by molar-refractivity contribution is -0.0468. The molecule has 98 valence electrons. The summed E-state index contributed by atoms with van der Waals surface area (Å²) < 4.78 is 6.03. The van der Waals surface area contributed by atoms with Gasteiger partial charge in [0.2, 0.25) is 0 Å². The van der Waals surface area contributed by atoms with Gasteiger partial charge in [0.05, 0.1) is 13.2 Å². The topological polar surface area (TPSA) is 25.4 Å². The Morgan fingerprint density at radius 1 is 1.11 bits per heavy atom. The minimum absolute atomic E-state index is 0.267. The van der Waals surface area contributed by atoms with Crippen LogP contribution in [-0.4, -0.2) is 24.7 Å². The molecule has 1 fully saturated rings. The normalized spacial score (nSPS) is 23.3. The second kappa shape index (κ2) is 5.02. The second-order valence-corrected chi connectivity index (χ2v) is 5.05. The van der Waals surface area contributed by atoms with Crippen LogP contribution in [0, 0.1) is 0 Å². The van der Waals surface area contributed by atoms with E-state index in [-0.39, 0.29) is 5.60 Å². The Bertz CT molecular complexity index is 529. The fourth-order valence-corrected chi connectivity index (χ4v) is 2.57. The summed E-state index contributed by atoms with van der Waals surface area (Å²) in [5.74, 6) is 1.02. The standard InChI is InChI=1S/C16H18N2O/c1-16(14-7-3-2-4-8-14)13-18(11-12-19-16)15-9-5-6-10-17-15/h2-10H,11-13H2,1H3. The van der Waals surface area contributed by atoms with Crippen LogP contribution in [0.5, 0.6) is 0 Å². The average Bonchev–Trinajstić information content (AvgIpc) is 2.49. The zero-order valence-corrected chi connectivity index (χ0v) is 11.1. The van der Waals surface area contributed by atoms with Crippen LogP contribution in [-0.2, 0) is 10.3 Å². The molecule has 3 nitrogen and oxygen atoms in total. The molecule has 0 spiro atoms. The van der Waals surface area contributed by atoms with E-state index in [0.717, 1.165) is 25.5 Å². The number of aromatic nitrogens is 1. The molecule has 1 aliphatic heterocycles. The van der Waals surface area contributed by atoms with Crippen molar-refractivity contribution in [3.8, 4) is 0 Å². The lowest BCUT2D eigenvalue weighted by atomic mass is 9.94. The van der Waals surface area contributed by atoms with Crippen LogP contribution in [0.3, 0.4) is 0 Å². The van der Waals surface area contributed by atoms with E-state index < -0.39 is 0 Å². The monoisotopic (exact) mass is 254 g/mol. The van der Waals surface area contributed by atoms with E-state index in [1.54, 1.807) is 0 Å². The van der Waals surface area contributed by atoms with Crippen LogP contribution in [0.15, 0.2) is 54.7 Å². The Kier molecular flexibility index (Phi) is 3.22. The Labute approximate surface area is 113 Å². The van der Waals surface area contributed by atoms with Gasteiger partial charge in [-0.2, -0.15) is 0 Å². The lowest BCUT2D eigenvalue weighted by Gasteiger charge is -2.41. The number of nitrogens with zero attached hydrogens (tertiary/aromatic N) is 2. The number of hydrogen-bond donors (Lipinski definition) is 0. The van der Waals surface area contributed by atoms with Gasteiger partial charge in [-0.25, -0.2) is 4.98 Å². The maximum absolute atomic E-state index is 6.03. The third-order valence-corrected chi connectivity index (χ3v) is 3.63. The molecule has 3 heteroatoms. The van der Waals surface area contributed by atoms with Gasteiger partial charge in [0, 0.05) is 12.7 Å². The van der Waals surface area contributed by atoms with E-state index in [9.17, 15) is 0 Å². The second-order valence-electron chi connectivity index (χ2n) is 5.05. The molecule has 1 aliphatic rings. The molecule has 2 aromatic rings. The minimum atomic E-state index is -0.267. The summed E-state index contributed by atoms with van der Waals surface area (Å²) in [6, 6.07) is 16.4. The molecule has 2 heterocycles. The number of ether oxygens (including phenoxy) is 1. The molecule has 1 aromatic carbocycles. The van der Waals surface area contributed by atoms with Gasteiger partial charge in [0.15, 0.2) is 0 Å². The van der Waals surface area contributed by atoms with Gasteiger partial charge in [-0.15, -0.1) is 0 Å². The minimum Gasteiger partial charge on any atom is -0.367 e. The maximum Gasteiger partial charge on any atom is 0.128 e. The van der Waals surface area contributed by atoms with Crippen LogP contribution in [0.2, 0.25) is 0 Å². The predicted molar refractivity (Wildman–Crippen MR) is 76.2 cm³/mol. The fourth-order valence-electron chi connectivity index (χ4n) is 2.57. The van der Waals surface area contributed by atoms with Gasteiger partial charge in [0.25, 0.3) is 0 Å². The summed E-state index contributed by atoms with van der Waals surface area (Å²) in [7, 11) is 0. The molecule has 1 saturated heterocycles. The number of hydrogen-bond acceptors (Lipinski definition) is 3. The van der Waals surface area contributed by atoms with Crippen molar-refractivity contribution < 1.29 is 4.74 Å². The molecule has 0 aliphatic carbocycles. The van der Waals surface area contributed by atoms with Gasteiger partial charge < -0.3 is 9.64 Å². The van der Waals surface area contributed by atoms with Crippen molar-refractivity contribution in [3.63, 3.8) is 0 Å². The van der Waals surface area contributed by atoms with Gasteiger partial charge in [0.1, 0.15) is 11.4 Å². The molecule has 0 saturated carbocycles. The first-order valence-corrected chi connectivity index (χ1v) is 6.63. The van der Waals surface area contributed by atoms with Crippen molar-refractivity contribution in [2.75, 3.05) is 24.6 Å². The first-order valence-electron chi connectivity index (χ1n) is 6.63. The summed E-state index contributed by atoms with van der Waals surface area (Å²) in [6.07, 6.45) is 1.84. The third-order valence-electron chi connectivity index (χ3n) is 3.63. The molecule has 0 amide bonds. The van der Waals surface area contributed by atoms with Crippen molar-refractivity contribution in [2.24, 2.45) is 0 Å². The highest BCUT2D eigenvalue weighted by molar-refractivity contribution is 5.40. The smallest absolute Gasteiger partial charge is 0.128 e. The SMILES string of the molecule is CC1(c2ccccc2)CN(c2ccccn2)CCO1. The summed E-state index contributed by atoms with van der Waals surface area (Å²) in [5, 5.41) is 0. The lowest BCUT2D eigenvalue weighted by Crippen LogP contribution is -2.48. The zero-order valence-electron chi connectivity index (χ0n) is 11.1. The zero-order chi connectivity index (χ0) is 13.1. The van der Waals surface area contributed by atoms with Crippen LogP contribution in [0.25, 0.3) is 0 Å². The summed E-state index contributed by atoms with van der Waals surface area (Å²) in [6.45, 7) is 4.59. The summed E-state index contributed by atoms with van der Waals surface area (Å²) in [5.41, 5.74) is 0.951. The molecular weight excluding hydrogens is 236 g/mol. The predicted octanol–water partition coefficient (Wildman–Crippen LogP) is 2.83. The molecule has 1 atom stereocenters. The summed E-state index contributed by atoms with van der Waals surface area (Å²) >= 11 is 0. The Morgan fingerprint density at radius 3 is 2.63 bits per heavy atom. The van der Waals surface area contributed by atoms with E-state index in [1.807, 2.05) is 24.4 Å². The van der Waals surface area contributed by atoms with E-state index in [1.165, 1.54) is 5.56 Å². The number of morpholine rings is 1. The number of pyridine rings is 1. The fraction of sp³-hybridized carbons (Fsp3) is 0.312. The highest BCUT2D eigenvalue weighted by Gasteiger charge is 2.34. The van der Waals surface area contributed by atoms with Crippen LogP contribution in [0.4, 0.5) is 5.82 Å². The third kappa shape index (κ3) is 2.47. The first-order chi connectivity index (χ1) is 9.28. The molecule has 0 bridgehead atoms. The molecular formula is C16H18N2O. The van der Waals surface area contributed by atoms with E-state index in [4.69, 9.17) is 4.74 Å². The average molecular weight is 254 g/mol. The van der Waals surface area contributed by atoms with Gasteiger partial charge in [-0.3, -0.25) is 0 Å². The highest BCUT2D eigenvalue weighted by atomic mass is 16.5. The molecule has 0 radical (unpaired) electrons. The number of rotatable bonds is 2. The van der Waals surface area contributed by atoms with E-state index in [0.29, 0.717) is 0 Å². The highest BCUT2D eigenvalue weighted by Crippen LogP contribution is 2.30. The Morgan fingerprint density at radius 2 is 1.89 bits per heavy atom. The van der Waals surface area contributed by atoms with E-state index >= 15 is 0 Å². The van der Waals surface area contributed by atoms with Crippen LogP contribution < -0.4 is 4.90 Å². The van der Waals surface area contributed by atoms with Crippen molar-refractivity contribution in [2.45, 2.75) is 12.5 Å². The molecule has 1 aromatic heterocycles. The van der Waals surface area contributed by atoms with Crippen molar-refractivity contribution in [1.82, 2.24) is 4.98 Å².